The summed E-state index contributed by atoms with van der Waals surface area (Å²) < 4.78 is 0. The van der Waals surface area contributed by atoms with Crippen molar-refractivity contribution in [1.29, 1.82) is 5.26 Å². The normalized spacial score (nSPS) is 17.5. The summed E-state index contributed by atoms with van der Waals surface area (Å²) in [5.41, 5.74) is 1.24. The van der Waals surface area contributed by atoms with Crippen molar-refractivity contribution in [2.45, 2.75) is 25.3 Å². The predicted molar refractivity (Wildman–Crippen MR) is 77.7 cm³/mol. The number of hydrogen-bond donors (Lipinski definition) is 0. The van der Waals surface area contributed by atoms with Gasteiger partial charge in [-0.1, -0.05) is 30.3 Å². The third kappa shape index (κ3) is 4.05. The van der Waals surface area contributed by atoms with Gasteiger partial charge in [0.25, 0.3) is 0 Å². The monoisotopic (exact) mass is 257 g/mol. The summed E-state index contributed by atoms with van der Waals surface area (Å²) in [5, 5.41) is 9.04. The van der Waals surface area contributed by atoms with E-state index in [1.165, 1.54) is 31.5 Å². The van der Waals surface area contributed by atoms with E-state index >= 15 is 0 Å². The zero-order valence-electron chi connectivity index (χ0n) is 11.8. The second-order valence-corrected chi connectivity index (χ2v) is 5.32. The molecule has 3 heteroatoms. The van der Waals surface area contributed by atoms with Crippen molar-refractivity contribution in [2.24, 2.45) is 0 Å². The van der Waals surface area contributed by atoms with Crippen molar-refractivity contribution in [3.63, 3.8) is 0 Å². The highest BCUT2D eigenvalue weighted by Gasteiger charge is 2.18. The first-order valence-electron chi connectivity index (χ1n) is 7.16. The lowest BCUT2D eigenvalue weighted by molar-refractivity contribution is 0.208. The average Bonchev–Trinajstić information content (AvgIpc) is 2.96. The molecule has 19 heavy (non-hydrogen) atoms. The van der Waals surface area contributed by atoms with Crippen LogP contribution in [-0.2, 0) is 0 Å². The van der Waals surface area contributed by atoms with Crippen LogP contribution >= 0.6 is 0 Å². The number of nitriles is 1. The standard InChI is InChI=1S/C16H23N3/c1-18(13-14-19-11-5-6-12-19)16(9-10-17)15-7-3-2-4-8-15/h2-4,7-8,16H,5-6,9,11-14H2,1H3. The van der Waals surface area contributed by atoms with Gasteiger partial charge in [0.05, 0.1) is 12.5 Å². The molecule has 1 fully saturated rings. The fourth-order valence-electron chi connectivity index (χ4n) is 2.75. The minimum atomic E-state index is 0.216. The molecule has 102 valence electrons. The maximum Gasteiger partial charge on any atom is 0.0641 e. The van der Waals surface area contributed by atoms with Crippen LogP contribution in [-0.4, -0.2) is 43.0 Å². The van der Waals surface area contributed by atoms with Crippen molar-refractivity contribution < 1.29 is 0 Å². The van der Waals surface area contributed by atoms with Crippen molar-refractivity contribution in [2.75, 3.05) is 33.2 Å². The Morgan fingerprint density at radius 2 is 1.95 bits per heavy atom. The third-order valence-electron chi connectivity index (χ3n) is 3.97. The molecule has 1 unspecified atom stereocenters. The van der Waals surface area contributed by atoms with E-state index in [2.05, 4.69) is 35.0 Å². The maximum absolute atomic E-state index is 9.04. The Kier molecular flexibility index (Phi) is 5.38. The number of nitrogens with zero attached hydrogens (tertiary/aromatic N) is 3. The van der Waals surface area contributed by atoms with E-state index in [0.717, 1.165) is 13.1 Å². The van der Waals surface area contributed by atoms with Gasteiger partial charge in [-0.2, -0.15) is 5.26 Å². The quantitative estimate of drug-likeness (QED) is 0.785. The van der Waals surface area contributed by atoms with Crippen LogP contribution in [0.4, 0.5) is 0 Å². The molecule has 0 aromatic heterocycles. The first-order valence-corrected chi connectivity index (χ1v) is 7.16. The summed E-state index contributed by atoms with van der Waals surface area (Å²) in [5.74, 6) is 0. The Labute approximate surface area is 116 Å². The number of likely N-dealkylation sites (tertiary alicyclic amines) is 1. The largest absolute Gasteiger partial charge is 0.302 e. The number of benzene rings is 1. The molecule has 0 N–H and O–H groups in total. The summed E-state index contributed by atoms with van der Waals surface area (Å²) in [7, 11) is 2.13. The molecule has 0 radical (unpaired) electrons. The Morgan fingerprint density at radius 1 is 1.26 bits per heavy atom. The van der Waals surface area contributed by atoms with Crippen molar-refractivity contribution >= 4 is 0 Å². The van der Waals surface area contributed by atoms with Gasteiger partial charge in [0.1, 0.15) is 0 Å². The van der Waals surface area contributed by atoms with E-state index in [9.17, 15) is 0 Å². The van der Waals surface area contributed by atoms with Gasteiger partial charge in [0.15, 0.2) is 0 Å². The molecule has 1 aliphatic rings. The summed E-state index contributed by atoms with van der Waals surface area (Å²) in [6.07, 6.45) is 3.23. The first kappa shape index (κ1) is 14.0. The predicted octanol–water partition coefficient (Wildman–Crippen LogP) is 2.67. The highest BCUT2D eigenvalue weighted by molar-refractivity contribution is 5.20. The number of hydrogen-bond acceptors (Lipinski definition) is 3. The molecule has 0 bridgehead atoms. The molecule has 1 aliphatic heterocycles. The summed E-state index contributed by atoms with van der Waals surface area (Å²) in [4.78, 5) is 4.84. The van der Waals surface area contributed by atoms with E-state index in [1.807, 2.05) is 18.2 Å². The van der Waals surface area contributed by atoms with Crippen molar-refractivity contribution in [3.05, 3.63) is 35.9 Å². The minimum Gasteiger partial charge on any atom is -0.302 e. The molecule has 1 atom stereocenters. The Morgan fingerprint density at radius 3 is 2.58 bits per heavy atom. The molecule has 3 nitrogen and oxygen atoms in total. The lowest BCUT2D eigenvalue weighted by Crippen LogP contribution is -2.33. The molecule has 0 amide bonds. The van der Waals surface area contributed by atoms with Crippen LogP contribution in [0, 0.1) is 11.3 Å². The maximum atomic E-state index is 9.04. The van der Waals surface area contributed by atoms with Crippen LogP contribution in [0.15, 0.2) is 30.3 Å². The van der Waals surface area contributed by atoms with Gasteiger partial charge < -0.3 is 4.90 Å². The molecule has 0 spiro atoms. The summed E-state index contributed by atoms with van der Waals surface area (Å²) in [6, 6.07) is 12.9. The van der Waals surface area contributed by atoms with Gasteiger partial charge in [0.2, 0.25) is 0 Å². The Hall–Kier alpha value is -1.37. The van der Waals surface area contributed by atoms with Gasteiger partial charge in [-0.25, -0.2) is 0 Å². The molecule has 1 aromatic carbocycles. The molecule has 2 rings (SSSR count). The summed E-state index contributed by atoms with van der Waals surface area (Å²) >= 11 is 0. The van der Waals surface area contributed by atoms with Gasteiger partial charge in [-0.15, -0.1) is 0 Å². The molecule has 1 saturated heterocycles. The van der Waals surface area contributed by atoms with Crippen LogP contribution in [0.5, 0.6) is 0 Å². The van der Waals surface area contributed by atoms with Crippen LogP contribution in [0.1, 0.15) is 30.9 Å². The highest BCUT2D eigenvalue weighted by atomic mass is 15.2. The van der Waals surface area contributed by atoms with E-state index in [4.69, 9.17) is 5.26 Å². The van der Waals surface area contributed by atoms with Gasteiger partial charge in [-0.3, -0.25) is 4.90 Å². The fourth-order valence-corrected chi connectivity index (χ4v) is 2.75. The fraction of sp³-hybridized carbons (Fsp3) is 0.562. The van der Waals surface area contributed by atoms with Crippen LogP contribution in [0.3, 0.4) is 0 Å². The zero-order valence-corrected chi connectivity index (χ0v) is 11.8. The van der Waals surface area contributed by atoms with E-state index in [1.54, 1.807) is 0 Å². The molecular formula is C16H23N3. The second kappa shape index (κ2) is 7.28. The lowest BCUT2D eigenvalue weighted by atomic mass is 10.0. The van der Waals surface area contributed by atoms with Gasteiger partial charge in [-0.05, 0) is 38.5 Å². The molecule has 1 heterocycles. The lowest BCUT2D eigenvalue weighted by Gasteiger charge is -2.28. The Balaban J connectivity index is 1.92. The van der Waals surface area contributed by atoms with E-state index in [0.29, 0.717) is 6.42 Å². The molecule has 1 aromatic rings. The number of rotatable bonds is 6. The Bertz CT molecular complexity index is 404. The molecule has 0 aliphatic carbocycles. The van der Waals surface area contributed by atoms with Crippen molar-refractivity contribution in [1.82, 2.24) is 9.80 Å². The smallest absolute Gasteiger partial charge is 0.0641 e. The average molecular weight is 257 g/mol. The SMILES string of the molecule is CN(CCN1CCCC1)C(CC#N)c1ccccc1. The first-order chi connectivity index (χ1) is 9.31. The van der Waals surface area contributed by atoms with Crippen LogP contribution < -0.4 is 0 Å². The number of likely N-dealkylation sites (N-methyl/N-ethyl adjacent to an activating group) is 1. The second-order valence-electron chi connectivity index (χ2n) is 5.32. The van der Waals surface area contributed by atoms with Crippen molar-refractivity contribution in [3.8, 4) is 6.07 Å². The van der Waals surface area contributed by atoms with Crippen LogP contribution in [0.2, 0.25) is 0 Å². The van der Waals surface area contributed by atoms with E-state index in [-0.39, 0.29) is 6.04 Å². The topological polar surface area (TPSA) is 30.3 Å². The minimum absolute atomic E-state index is 0.216. The molecule has 0 saturated carbocycles. The van der Waals surface area contributed by atoms with Gasteiger partial charge >= 0.3 is 0 Å². The third-order valence-corrected chi connectivity index (χ3v) is 3.97. The van der Waals surface area contributed by atoms with E-state index < -0.39 is 0 Å². The van der Waals surface area contributed by atoms with Crippen LogP contribution in [0.25, 0.3) is 0 Å². The summed E-state index contributed by atoms with van der Waals surface area (Å²) in [6.45, 7) is 4.62. The molecular weight excluding hydrogens is 234 g/mol. The highest BCUT2D eigenvalue weighted by Crippen LogP contribution is 2.22. The van der Waals surface area contributed by atoms with Gasteiger partial charge in [0, 0.05) is 19.1 Å². The zero-order chi connectivity index (χ0) is 13.5.